The minimum atomic E-state index is 0.0739. The van der Waals surface area contributed by atoms with Gasteiger partial charge in [-0.05, 0) is 5.25 Å². The zero-order valence-corrected chi connectivity index (χ0v) is 12.9. The third-order valence-corrected chi connectivity index (χ3v) is 4.25. The highest BCUT2D eigenvalue weighted by Gasteiger charge is 2.18. The summed E-state index contributed by atoms with van der Waals surface area (Å²) >= 11 is 3.30. The number of thioether (sulfide) groups is 1. The van der Waals surface area contributed by atoms with Crippen molar-refractivity contribution < 1.29 is 4.79 Å². The third kappa shape index (κ3) is 5.21. The molecule has 0 aliphatic rings. The van der Waals surface area contributed by atoms with E-state index in [9.17, 15) is 4.79 Å². The summed E-state index contributed by atoms with van der Waals surface area (Å²) in [5.41, 5.74) is 1.16. The molecule has 0 saturated carbocycles. The van der Waals surface area contributed by atoms with Crippen molar-refractivity contribution in [2.24, 2.45) is 0 Å². The summed E-state index contributed by atoms with van der Waals surface area (Å²) in [5, 5.41) is 3.53. The molecule has 1 aromatic rings. The van der Waals surface area contributed by atoms with Crippen LogP contribution in [-0.4, -0.2) is 21.8 Å². The van der Waals surface area contributed by atoms with Crippen molar-refractivity contribution in [2.75, 3.05) is 5.75 Å². The van der Waals surface area contributed by atoms with Gasteiger partial charge >= 0.3 is 0 Å². The molecule has 1 heterocycles. The molecule has 0 bridgehead atoms. The Morgan fingerprint density at radius 3 is 2.59 bits per heavy atom. The fourth-order valence-corrected chi connectivity index (χ4v) is 2.89. The van der Waals surface area contributed by atoms with Gasteiger partial charge in [0.15, 0.2) is 0 Å². The number of nitrogens with zero attached hydrogens (tertiary/aromatic N) is 1. The maximum atomic E-state index is 11.7. The maximum absolute atomic E-state index is 11.7. The van der Waals surface area contributed by atoms with E-state index in [1.165, 1.54) is 0 Å². The Labute approximate surface area is 112 Å². The third-order valence-electron chi connectivity index (χ3n) is 2.25. The molecule has 0 N–H and O–H groups in total. The fourth-order valence-electron chi connectivity index (χ4n) is 1.22. The number of rotatable bonds is 5. The number of hydrogen-bond donors (Lipinski definition) is 0. The lowest BCUT2D eigenvalue weighted by Gasteiger charge is -2.14. The lowest BCUT2D eigenvalue weighted by Crippen LogP contribution is -2.12. The van der Waals surface area contributed by atoms with E-state index in [2.05, 4.69) is 45.0 Å². The Bertz CT molecular complexity index is 377. The summed E-state index contributed by atoms with van der Waals surface area (Å²) < 4.78 is 0. The molecule has 0 aliphatic carbocycles. The first-order valence-electron chi connectivity index (χ1n) is 5.87. The molecule has 0 fully saturated rings. The topological polar surface area (TPSA) is 30.0 Å². The van der Waals surface area contributed by atoms with E-state index in [-0.39, 0.29) is 11.2 Å². The van der Waals surface area contributed by atoms with Crippen molar-refractivity contribution in [3.63, 3.8) is 0 Å². The van der Waals surface area contributed by atoms with Crippen molar-refractivity contribution in [3.8, 4) is 0 Å². The first kappa shape index (κ1) is 14.7. The second-order valence-corrected chi connectivity index (χ2v) is 7.96. The Hall–Kier alpha value is -0.350. The first-order chi connectivity index (χ1) is 7.79. The van der Waals surface area contributed by atoms with Crippen LogP contribution in [0.1, 0.15) is 45.3 Å². The highest BCUT2D eigenvalue weighted by Crippen LogP contribution is 2.24. The molecule has 1 aromatic heterocycles. The number of carbonyl (C=O) groups is 1. The van der Waals surface area contributed by atoms with E-state index >= 15 is 0 Å². The van der Waals surface area contributed by atoms with Crippen LogP contribution in [-0.2, 0) is 16.6 Å². The van der Waals surface area contributed by atoms with E-state index < -0.39 is 0 Å². The standard InChI is InChI=1S/C13H21NOS2/c1-9(2)16-7-10(15)6-12-14-11(8-17-12)13(3,4)5/h8-9H,6-7H2,1-5H3. The average molecular weight is 271 g/mol. The van der Waals surface area contributed by atoms with Gasteiger partial charge in [-0.1, -0.05) is 34.6 Å². The molecule has 0 saturated heterocycles. The number of aromatic nitrogens is 1. The molecule has 0 aromatic carbocycles. The van der Waals surface area contributed by atoms with Crippen molar-refractivity contribution in [2.45, 2.75) is 51.7 Å². The smallest absolute Gasteiger partial charge is 0.149 e. The van der Waals surface area contributed by atoms with Gasteiger partial charge in [-0.15, -0.1) is 11.3 Å². The van der Waals surface area contributed by atoms with E-state index in [1.54, 1.807) is 23.1 Å². The fraction of sp³-hybridized carbons (Fsp3) is 0.692. The molecular weight excluding hydrogens is 250 g/mol. The molecule has 17 heavy (non-hydrogen) atoms. The van der Waals surface area contributed by atoms with E-state index in [4.69, 9.17) is 0 Å². The quantitative estimate of drug-likeness (QED) is 0.818. The van der Waals surface area contributed by atoms with Gasteiger partial charge in [0.2, 0.25) is 0 Å². The number of hydrogen-bond acceptors (Lipinski definition) is 4. The molecular formula is C13H21NOS2. The summed E-state index contributed by atoms with van der Waals surface area (Å²) in [6.07, 6.45) is 0.487. The van der Waals surface area contributed by atoms with Gasteiger partial charge in [-0.2, -0.15) is 11.8 Å². The molecule has 2 nitrogen and oxygen atoms in total. The van der Waals surface area contributed by atoms with Crippen LogP contribution in [0.25, 0.3) is 0 Å². The van der Waals surface area contributed by atoms with Crippen molar-refractivity contribution in [3.05, 3.63) is 16.1 Å². The highest BCUT2D eigenvalue weighted by molar-refractivity contribution is 8.00. The Morgan fingerprint density at radius 1 is 1.47 bits per heavy atom. The predicted molar refractivity (Wildman–Crippen MR) is 77.1 cm³/mol. The Morgan fingerprint density at radius 2 is 2.12 bits per heavy atom. The summed E-state index contributed by atoms with van der Waals surface area (Å²) in [7, 11) is 0. The zero-order valence-electron chi connectivity index (χ0n) is 11.2. The number of carbonyl (C=O) groups excluding carboxylic acids is 1. The number of ketones is 1. The normalized spacial score (nSPS) is 12.1. The first-order valence-corrected chi connectivity index (χ1v) is 7.80. The van der Waals surface area contributed by atoms with Gasteiger partial charge in [0.1, 0.15) is 10.8 Å². The van der Waals surface area contributed by atoms with E-state index in [0.717, 1.165) is 10.7 Å². The molecule has 0 aliphatic heterocycles. The van der Waals surface area contributed by atoms with Crippen LogP contribution in [0.15, 0.2) is 5.38 Å². The van der Waals surface area contributed by atoms with Crippen molar-refractivity contribution in [1.82, 2.24) is 4.98 Å². The minimum absolute atomic E-state index is 0.0739. The van der Waals surface area contributed by atoms with Crippen LogP contribution >= 0.6 is 23.1 Å². The summed E-state index contributed by atoms with van der Waals surface area (Å²) in [6.45, 7) is 10.6. The predicted octanol–water partition coefficient (Wildman–Crippen LogP) is 3.69. The minimum Gasteiger partial charge on any atom is -0.298 e. The number of thiazole rings is 1. The van der Waals surface area contributed by atoms with Crippen LogP contribution in [0.2, 0.25) is 0 Å². The monoisotopic (exact) mass is 271 g/mol. The van der Waals surface area contributed by atoms with Gasteiger partial charge in [-0.25, -0.2) is 4.98 Å². The largest absolute Gasteiger partial charge is 0.298 e. The lowest BCUT2D eigenvalue weighted by molar-refractivity contribution is -0.116. The molecule has 0 radical (unpaired) electrons. The summed E-state index contributed by atoms with van der Waals surface area (Å²) in [6, 6.07) is 0. The Balaban J connectivity index is 2.52. The van der Waals surface area contributed by atoms with Crippen molar-refractivity contribution >= 4 is 28.9 Å². The molecule has 0 unspecified atom stereocenters. The van der Waals surface area contributed by atoms with Gasteiger partial charge < -0.3 is 0 Å². The van der Waals surface area contributed by atoms with Gasteiger partial charge in [0.25, 0.3) is 0 Å². The van der Waals surface area contributed by atoms with E-state index in [1.807, 2.05) is 0 Å². The van der Waals surface area contributed by atoms with Crippen LogP contribution in [0.5, 0.6) is 0 Å². The maximum Gasteiger partial charge on any atom is 0.149 e. The van der Waals surface area contributed by atoms with E-state index in [0.29, 0.717) is 17.4 Å². The van der Waals surface area contributed by atoms with Crippen LogP contribution in [0.3, 0.4) is 0 Å². The highest BCUT2D eigenvalue weighted by atomic mass is 32.2. The number of Topliss-reactive ketones (excluding diaryl/α,β-unsaturated/α-hetero) is 1. The molecule has 4 heteroatoms. The lowest BCUT2D eigenvalue weighted by atomic mass is 9.93. The average Bonchev–Trinajstić information content (AvgIpc) is 2.62. The second-order valence-electron chi connectivity index (χ2n) is 5.45. The summed E-state index contributed by atoms with van der Waals surface area (Å²) in [5.74, 6) is 0.876. The Kier molecular flexibility index (Phi) is 5.20. The van der Waals surface area contributed by atoms with Gasteiger partial charge in [-0.3, -0.25) is 4.79 Å². The molecule has 96 valence electrons. The summed E-state index contributed by atoms with van der Waals surface area (Å²) in [4.78, 5) is 16.3. The molecule has 0 spiro atoms. The zero-order chi connectivity index (χ0) is 13.1. The second kappa shape index (κ2) is 6.01. The van der Waals surface area contributed by atoms with Gasteiger partial charge in [0.05, 0.1) is 17.9 Å². The molecule has 0 amide bonds. The molecule has 0 atom stereocenters. The molecule has 1 rings (SSSR count). The SMILES string of the molecule is CC(C)SCC(=O)Cc1nc(C(C)(C)C)cs1. The van der Waals surface area contributed by atoms with Crippen LogP contribution in [0, 0.1) is 0 Å². The van der Waals surface area contributed by atoms with Crippen LogP contribution in [0.4, 0.5) is 0 Å². The van der Waals surface area contributed by atoms with Gasteiger partial charge in [0, 0.05) is 10.8 Å². The van der Waals surface area contributed by atoms with Crippen LogP contribution < -0.4 is 0 Å². The van der Waals surface area contributed by atoms with Crippen molar-refractivity contribution in [1.29, 1.82) is 0 Å².